The maximum absolute atomic E-state index is 13.4. The van der Waals surface area contributed by atoms with Gasteiger partial charge in [0.1, 0.15) is 6.04 Å². The lowest BCUT2D eigenvalue weighted by Gasteiger charge is -2.28. The molecule has 1 aromatic carbocycles. The van der Waals surface area contributed by atoms with Crippen molar-refractivity contribution in [1.29, 1.82) is 0 Å². The van der Waals surface area contributed by atoms with Gasteiger partial charge in [0.2, 0.25) is 15.9 Å². The molecule has 0 aliphatic rings. The molecule has 1 N–H and O–H groups in total. The van der Waals surface area contributed by atoms with Crippen LogP contribution in [0.2, 0.25) is 0 Å². The first-order chi connectivity index (χ1) is 11.2. The van der Waals surface area contributed by atoms with Crippen molar-refractivity contribution in [2.24, 2.45) is 0 Å². The largest absolute Gasteiger partial charge is 0.382 e. The third kappa shape index (κ3) is 5.72. The van der Waals surface area contributed by atoms with Gasteiger partial charge in [-0.3, -0.25) is 9.10 Å². The van der Waals surface area contributed by atoms with E-state index in [4.69, 9.17) is 4.74 Å². The normalized spacial score (nSPS) is 12.7. The van der Waals surface area contributed by atoms with Crippen molar-refractivity contribution in [2.75, 3.05) is 30.3 Å². The Labute approximate surface area is 140 Å². The lowest BCUT2D eigenvalue weighted by Crippen LogP contribution is -2.48. The van der Waals surface area contributed by atoms with E-state index in [0.717, 1.165) is 28.8 Å². The predicted molar refractivity (Wildman–Crippen MR) is 87.3 cm³/mol. The molecule has 1 unspecified atom stereocenters. The molecule has 0 aromatic heterocycles. The van der Waals surface area contributed by atoms with E-state index < -0.39 is 33.6 Å². The Bertz CT molecular complexity index is 667. The standard InChI is InChI=1S/C15H22F2N2O4S/c1-4-23-9-5-8-18-15(20)11(2)19(24(3,21)22)12-6-7-13(16)14(17)10-12/h6-7,10-11H,4-5,8-9H2,1-3H3,(H,18,20). The van der Waals surface area contributed by atoms with Crippen LogP contribution < -0.4 is 9.62 Å². The summed E-state index contributed by atoms with van der Waals surface area (Å²) in [6.07, 6.45) is 1.48. The zero-order valence-electron chi connectivity index (χ0n) is 13.9. The number of carbonyl (C=O) groups excluding carboxylic acids is 1. The van der Waals surface area contributed by atoms with Crippen molar-refractivity contribution in [2.45, 2.75) is 26.3 Å². The molecule has 9 heteroatoms. The van der Waals surface area contributed by atoms with Gasteiger partial charge in [0, 0.05) is 25.8 Å². The highest BCUT2D eigenvalue weighted by Gasteiger charge is 2.29. The lowest BCUT2D eigenvalue weighted by atomic mass is 10.2. The molecule has 0 radical (unpaired) electrons. The molecule has 1 amide bonds. The SMILES string of the molecule is CCOCCCNC(=O)C(C)N(c1ccc(F)c(F)c1)S(C)(=O)=O. The molecular formula is C15H22F2N2O4S. The third-order valence-corrected chi connectivity index (χ3v) is 4.46. The minimum atomic E-state index is -3.87. The van der Waals surface area contributed by atoms with Gasteiger partial charge in [-0.15, -0.1) is 0 Å². The molecule has 1 aromatic rings. The number of sulfonamides is 1. The van der Waals surface area contributed by atoms with E-state index in [-0.39, 0.29) is 5.69 Å². The molecular weight excluding hydrogens is 342 g/mol. The molecule has 0 aliphatic carbocycles. The minimum absolute atomic E-state index is 0.117. The number of benzene rings is 1. The van der Waals surface area contributed by atoms with Gasteiger partial charge in [-0.2, -0.15) is 0 Å². The van der Waals surface area contributed by atoms with Gasteiger partial charge in [-0.1, -0.05) is 0 Å². The average molecular weight is 364 g/mol. The first-order valence-electron chi connectivity index (χ1n) is 7.48. The molecule has 0 spiro atoms. The van der Waals surface area contributed by atoms with Crippen molar-refractivity contribution < 1.29 is 26.7 Å². The summed E-state index contributed by atoms with van der Waals surface area (Å²) in [5.74, 6) is -2.83. The number of amides is 1. The first kappa shape index (κ1) is 20.3. The van der Waals surface area contributed by atoms with Gasteiger partial charge in [0.25, 0.3) is 0 Å². The van der Waals surface area contributed by atoms with Crippen LogP contribution in [0, 0.1) is 11.6 Å². The van der Waals surface area contributed by atoms with Crippen LogP contribution >= 0.6 is 0 Å². The second kappa shape index (κ2) is 8.93. The van der Waals surface area contributed by atoms with Gasteiger partial charge in [0.15, 0.2) is 11.6 Å². The number of ether oxygens (including phenoxy) is 1. The van der Waals surface area contributed by atoms with Crippen molar-refractivity contribution in [3.63, 3.8) is 0 Å². The van der Waals surface area contributed by atoms with E-state index in [1.807, 2.05) is 6.92 Å². The maximum Gasteiger partial charge on any atom is 0.243 e. The van der Waals surface area contributed by atoms with E-state index >= 15 is 0 Å². The van der Waals surface area contributed by atoms with Crippen molar-refractivity contribution in [1.82, 2.24) is 5.32 Å². The lowest BCUT2D eigenvalue weighted by molar-refractivity contribution is -0.121. The van der Waals surface area contributed by atoms with Gasteiger partial charge in [0.05, 0.1) is 11.9 Å². The molecule has 24 heavy (non-hydrogen) atoms. The van der Waals surface area contributed by atoms with E-state index in [0.29, 0.717) is 26.2 Å². The molecule has 0 saturated carbocycles. The summed E-state index contributed by atoms with van der Waals surface area (Å²) >= 11 is 0. The highest BCUT2D eigenvalue weighted by molar-refractivity contribution is 7.92. The summed E-state index contributed by atoms with van der Waals surface area (Å²) in [4.78, 5) is 12.2. The number of carbonyl (C=O) groups is 1. The molecule has 0 aliphatic heterocycles. The number of halogens is 2. The number of nitrogens with zero attached hydrogens (tertiary/aromatic N) is 1. The third-order valence-electron chi connectivity index (χ3n) is 3.21. The van der Waals surface area contributed by atoms with Crippen LogP contribution in [0.25, 0.3) is 0 Å². The van der Waals surface area contributed by atoms with Gasteiger partial charge < -0.3 is 10.1 Å². The zero-order valence-corrected chi connectivity index (χ0v) is 14.7. The Morgan fingerprint density at radius 2 is 2.00 bits per heavy atom. The van der Waals surface area contributed by atoms with Crippen LogP contribution in [0.4, 0.5) is 14.5 Å². The Morgan fingerprint density at radius 1 is 1.33 bits per heavy atom. The van der Waals surface area contributed by atoms with Crippen molar-refractivity contribution in [3.05, 3.63) is 29.8 Å². The van der Waals surface area contributed by atoms with Gasteiger partial charge >= 0.3 is 0 Å². The van der Waals surface area contributed by atoms with Crippen molar-refractivity contribution >= 4 is 21.6 Å². The quantitative estimate of drug-likeness (QED) is 0.676. The molecule has 0 heterocycles. The van der Waals surface area contributed by atoms with Crippen molar-refractivity contribution in [3.8, 4) is 0 Å². The van der Waals surface area contributed by atoms with Gasteiger partial charge in [-0.05, 0) is 32.4 Å². The Morgan fingerprint density at radius 3 is 2.54 bits per heavy atom. The number of hydrogen-bond donors (Lipinski definition) is 1. The van der Waals surface area contributed by atoms with Crippen LogP contribution in [-0.2, 0) is 19.6 Å². The highest BCUT2D eigenvalue weighted by atomic mass is 32.2. The summed E-state index contributed by atoms with van der Waals surface area (Å²) < 4.78 is 56.3. The fourth-order valence-corrected chi connectivity index (χ4v) is 3.28. The molecule has 136 valence electrons. The van der Waals surface area contributed by atoms with E-state index in [1.54, 1.807) is 0 Å². The monoisotopic (exact) mass is 364 g/mol. The number of rotatable bonds is 9. The Hall–Kier alpha value is -1.74. The summed E-state index contributed by atoms with van der Waals surface area (Å²) in [6, 6.07) is 1.56. The molecule has 6 nitrogen and oxygen atoms in total. The van der Waals surface area contributed by atoms with E-state index in [9.17, 15) is 22.0 Å². The van der Waals surface area contributed by atoms with Crippen LogP contribution in [0.15, 0.2) is 18.2 Å². The smallest absolute Gasteiger partial charge is 0.243 e. The van der Waals surface area contributed by atoms with E-state index in [1.165, 1.54) is 6.92 Å². The second-order valence-corrected chi connectivity index (χ2v) is 7.03. The molecule has 0 bridgehead atoms. The summed E-state index contributed by atoms with van der Waals surface area (Å²) in [5, 5.41) is 2.60. The predicted octanol–water partition coefficient (Wildman–Crippen LogP) is 1.66. The average Bonchev–Trinajstić information content (AvgIpc) is 2.49. The maximum atomic E-state index is 13.4. The number of anilines is 1. The van der Waals surface area contributed by atoms with Crippen LogP contribution in [0.3, 0.4) is 0 Å². The van der Waals surface area contributed by atoms with Gasteiger partial charge in [-0.25, -0.2) is 17.2 Å². The molecule has 0 fully saturated rings. The molecule has 1 rings (SSSR count). The fourth-order valence-electron chi connectivity index (χ4n) is 2.11. The fraction of sp³-hybridized carbons (Fsp3) is 0.533. The molecule has 1 atom stereocenters. The van der Waals surface area contributed by atoms with E-state index in [2.05, 4.69) is 5.32 Å². The summed E-state index contributed by atoms with van der Waals surface area (Å²) in [6.45, 7) is 4.59. The molecule has 0 saturated heterocycles. The number of hydrogen-bond acceptors (Lipinski definition) is 4. The Balaban J connectivity index is 2.88. The highest BCUT2D eigenvalue weighted by Crippen LogP contribution is 2.23. The van der Waals surface area contributed by atoms with Crippen LogP contribution in [0.5, 0.6) is 0 Å². The second-order valence-electron chi connectivity index (χ2n) is 5.17. The van der Waals surface area contributed by atoms with Crippen LogP contribution in [0.1, 0.15) is 20.3 Å². The summed E-state index contributed by atoms with van der Waals surface area (Å²) in [7, 11) is -3.87. The topological polar surface area (TPSA) is 75.7 Å². The Kier molecular flexibility index (Phi) is 7.56. The number of nitrogens with one attached hydrogen (secondary N) is 1. The zero-order chi connectivity index (χ0) is 18.3. The minimum Gasteiger partial charge on any atom is -0.382 e. The van der Waals surface area contributed by atoms with Crippen LogP contribution in [-0.4, -0.2) is 46.4 Å². The first-order valence-corrected chi connectivity index (χ1v) is 9.33. The summed E-state index contributed by atoms with van der Waals surface area (Å²) in [5.41, 5.74) is -0.117.